The van der Waals surface area contributed by atoms with Gasteiger partial charge in [-0.1, -0.05) is 36.4 Å². The van der Waals surface area contributed by atoms with Gasteiger partial charge >= 0.3 is 5.69 Å². The Hall–Kier alpha value is -4.07. The first-order chi connectivity index (χ1) is 15.7. The number of hydrogen-bond acceptors (Lipinski definition) is 5. The largest absolute Gasteiger partial charge is 0.489 e. The van der Waals surface area contributed by atoms with E-state index >= 15 is 0 Å². The third-order valence-corrected chi connectivity index (χ3v) is 4.80. The number of amides is 1. The Bertz CT molecular complexity index is 1220. The van der Waals surface area contributed by atoms with Crippen LogP contribution in [0.3, 0.4) is 0 Å². The van der Waals surface area contributed by atoms with Gasteiger partial charge in [0.05, 0.1) is 0 Å². The van der Waals surface area contributed by atoms with E-state index in [4.69, 9.17) is 9.47 Å². The summed E-state index contributed by atoms with van der Waals surface area (Å²) >= 11 is 0. The molecule has 0 unspecified atom stereocenters. The van der Waals surface area contributed by atoms with E-state index in [0.717, 1.165) is 11.3 Å². The lowest BCUT2D eigenvalue weighted by molar-refractivity contribution is -0.123. The van der Waals surface area contributed by atoms with Crippen LogP contribution in [-0.2, 0) is 17.9 Å². The number of hydrogen-bond donors (Lipinski definition) is 1. The number of nitrogens with zero attached hydrogens (tertiary/aromatic N) is 3. The van der Waals surface area contributed by atoms with Crippen LogP contribution in [0.25, 0.3) is 5.65 Å². The fraction of sp³-hybridized carbons (Fsp3) is 0.208. The molecule has 8 nitrogen and oxygen atoms in total. The van der Waals surface area contributed by atoms with E-state index in [0.29, 0.717) is 37.5 Å². The lowest BCUT2D eigenvalue weighted by Gasteiger charge is -2.09. The topological polar surface area (TPSA) is 86.9 Å². The Labute approximate surface area is 185 Å². The van der Waals surface area contributed by atoms with Gasteiger partial charge in [0.2, 0.25) is 0 Å². The lowest BCUT2D eigenvalue weighted by Crippen LogP contribution is -2.31. The molecule has 0 radical (unpaired) electrons. The van der Waals surface area contributed by atoms with Gasteiger partial charge in [-0.05, 0) is 48.4 Å². The summed E-state index contributed by atoms with van der Waals surface area (Å²) in [5, 5.41) is 7.05. The first-order valence-corrected chi connectivity index (χ1v) is 10.4. The molecule has 164 valence electrons. The minimum Gasteiger partial charge on any atom is -0.489 e. The van der Waals surface area contributed by atoms with E-state index < -0.39 is 0 Å². The number of benzene rings is 2. The van der Waals surface area contributed by atoms with Crippen LogP contribution >= 0.6 is 0 Å². The van der Waals surface area contributed by atoms with Crippen molar-refractivity contribution in [3.8, 4) is 11.5 Å². The van der Waals surface area contributed by atoms with Gasteiger partial charge in [0.25, 0.3) is 5.91 Å². The molecule has 4 aromatic rings. The van der Waals surface area contributed by atoms with Crippen LogP contribution in [0.4, 0.5) is 0 Å². The summed E-state index contributed by atoms with van der Waals surface area (Å²) in [6.45, 7) is 1.25. The molecule has 0 spiro atoms. The number of carbonyl (C=O) groups excluding carboxylic acids is 1. The molecule has 2 aromatic heterocycles. The first kappa shape index (κ1) is 21.2. The second-order valence-electron chi connectivity index (χ2n) is 7.17. The summed E-state index contributed by atoms with van der Waals surface area (Å²) in [7, 11) is 0. The van der Waals surface area contributed by atoms with E-state index in [1.54, 1.807) is 30.5 Å². The van der Waals surface area contributed by atoms with Gasteiger partial charge in [-0.25, -0.2) is 9.48 Å². The minimum atomic E-state index is -0.225. The highest BCUT2D eigenvalue weighted by Crippen LogP contribution is 2.18. The molecule has 0 aliphatic carbocycles. The smallest absolute Gasteiger partial charge is 0.350 e. The first-order valence-electron chi connectivity index (χ1n) is 10.4. The van der Waals surface area contributed by atoms with Crippen LogP contribution < -0.4 is 20.5 Å². The molecule has 0 saturated heterocycles. The molecule has 0 atom stereocenters. The van der Waals surface area contributed by atoms with Crippen LogP contribution in [0.5, 0.6) is 11.5 Å². The van der Waals surface area contributed by atoms with Crippen molar-refractivity contribution < 1.29 is 14.3 Å². The molecule has 2 heterocycles. The molecule has 0 bridgehead atoms. The van der Waals surface area contributed by atoms with Crippen molar-refractivity contribution in [3.63, 3.8) is 0 Å². The molecule has 0 aliphatic heterocycles. The number of ether oxygens (including phenoxy) is 2. The van der Waals surface area contributed by atoms with E-state index in [9.17, 15) is 9.59 Å². The third-order valence-electron chi connectivity index (χ3n) is 4.80. The monoisotopic (exact) mass is 432 g/mol. The van der Waals surface area contributed by atoms with E-state index in [-0.39, 0.29) is 18.2 Å². The Balaban J connectivity index is 1.15. The molecular weight excluding hydrogens is 408 g/mol. The highest BCUT2D eigenvalue weighted by Gasteiger charge is 2.07. The van der Waals surface area contributed by atoms with Gasteiger partial charge in [0.15, 0.2) is 12.3 Å². The van der Waals surface area contributed by atoms with Gasteiger partial charge in [-0.15, -0.1) is 5.10 Å². The summed E-state index contributed by atoms with van der Waals surface area (Å²) in [4.78, 5) is 24.2. The Morgan fingerprint density at radius 1 is 0.906 bits per heavy atom. The maximum Gasteiger partial charge on any atom is 0.350 e. The van der Waals surface area contributed by atoms with Crippen LogP contribution in [-0.4, -0.2) is 33.2 Å². The predicted octanol–water partition coefficient (Wildman–Crippen LogP) is 2.66. The van der Waals surface area contributed by atoms with Gasteiger partial charge in [-0.2, -0.15) is 0 Å². The van der Waals surface area contributed by atoms with Crippen LogP contribution in [0.15, 0.2) is 83.8 Å². The summed E-state index contributed by atoms with van der Waals surface area (Å²) in [6, 6.07) is 22.5. The molecule has 1 N–H and O–H groups in total. The van der Waals surface area contributed by atoms with Crippen LogP contribution in [0.2, 0.25) is 0 Å². The molecular formula is C24H24N4O4. The fourth-order valence-corrected chi connectivity index (χ4v) is 3.14. The number of carbonyl (C=O) groups is 1. The number of pyridine rings is 1. The SMILES string of the molecule is O=C(COc1ccc(OCc2ccccc2)cc1)NCCCn1nc2ccccn2c1=O. The number of rotatable bonds is 10. The second-order valence-corrected chi connectivity index (χ2v) is 7.17. The van der Waals surface area contributed by atoms with Gasteiger partial charge in [0, 0.05) is 19.3 Å². The van der Waals surface area contributed by atoms with Crippen molar-refractivity contribution in [1.82, 2.24) is 19.5 Å². The zero-order valence-corrected chi connectivity index (χ0v) is 17.5. The molecule has 1 amide bonds. The minimum absolute atomic E-state index is 0.0848. The number of fused-ring (bicyclic) bond motifs is 1. The molecule has 2 aromatic carbocycles. The molecule has 8 heteroatoms. The lowest BCUT2D eigenvalue weighted by atomic mass is 10.2. The number of aromatic nitrogens is 3. The number of nitrogens with one attached hydrogen (secondary N) is 1. The maximum absolute atomic E-state index is 12.2. The Morgan fingerprint density at radius 2 is 1.62 bits per heavy atom. The summed E-state index contributed by atoms with van der Waals surface area (Å²) in [6.07, 6.45) is 2.27. The van der Waals surface area contributed by atoms with Crippen molar-refractivity contribution >= 4 is 11.6 Å². The Kier molecular flexibility index (Phi) is 6.81. The van der Waals surface area contributed by atoms with Gasteiger partial charge in [0.1, 0.15) is 18.1 Å². The maximum atomic E-state index is 12.2. The van der Waals surface area contributed by atoms with Gasteiger partial charge < -0.3 is 14.8 Å². The third kappa shape index (κ3) is 5.54. The average Bonchev–Trinajstić information content (AvgIpc) is 3.16. The summed E-state index contributed by atoms with van der Waals surface area (Å²) in [5.41, 5.74) is 1.51. The summed E-state index contributed by atoms with van der Waals surface area (Å²) < 4.78 is 14.2. The standard InChI is InChI=1S/C24H24N4O4/c29-23(25-14-6-16-28-24(30)27-15-5-4-9-22(27)26-28)18-32-21-12-10-20(11-13-21)31-17-19-7-2-1-3-8-19/h1-5,7-13,15H,6,14,16-18H2,(H,25,29). The van der Waals surface area contributed by atoms with Crippen LogP contribution in [0, 0.1) is 0 Å². The normalized spacial score (nSPS) is 10.8. The van der Waals surface area contributed by atoms with Crippen LogP contribution in [0.1, 0.15) is 12.0 Å². The van der Waals surface area contributed by atoms with Crippen molar-refractivity contribution in [1.29, 1.82) is 0 Å². The van der Waals surface area contributed by atoms with E-state index in [1.165, 1.54) is 9.08 Å². The molecule has 0 aliphatic rings. The van der Waals surface area contributed by atoms with Crippen molar-refractivity contribution in [2.75, 3.05) is 13.2 Å². The number of aryl methyl sites for hydroxylation is 1. The molecule has 32 heavy (non-hydrogen) atoms. The van der Waals surface area contributed by atoms with Crippen molar-refractivity contribution in [2.45, 2.75) is 19.6 Å². The molecule has 0 saturated carbocycles. The van der Waals surface area contributed by atoms with Gasteiger partial charge in [-0.3, -0.25) is 9.20 Å². The van der Waals surface area contributed by atoms with E-state index in [1.807, 2.05) is 48.5 Å². The zero-order chi connectivity index (χ0) is 22.2. The summed E-state index contributed by atoms with van der Waals surface area (Å²) in [5.74, 6) is 1.09. The molecule has 4 rings (SSSR count). The fourth-order valence-electron chi connectivity index (χ4n) is 3.14. The Morgan fingerprint density at radius 3 is 2.38 bits per heavy atom. The highest BCUT2D eigenvalue weighted by molar-refractivity contribution is 5.77. The second kappa shape index (κ2) is 10.3. The zero-order valence-electron chi connectivity index (χ0n) is 17.5. The quantitative estimate of drug-likeness (QED) is 0.390. The average molecular weight is 432 g/mol. The molecule has 0 fully saturated rings. The van der Waals surface area contributed by atoms with E-state index in [2.05, 4.69) is 10.4 Å². The predicted molar refractivity (Wildman–Crippen MR) is 120 cm³/mol. The highest BCUT2D eigenvalue weighted by atomic mass is 16.5. The van der Waals surface area contributed by atoms with Crippen molar-refractivity contribution in [2.24, 2.45) is 0 Å². The van der Waals surface area contributed by atoms with Crippen molar-refractivity contribution in [3.05, 3.63) is 95.0 Å².